The van der Waals surface area contributed by atoms with Crippen LogP contribution in [0.4, 0.5) is 8.78 Å². The maximum Gasteiger partial charge on any atom is 0.280 e. The molecular weight excluding hydrogens is 371 g/mol. The van der Waals surface area contributed by atoms with Crippen LogP contribution in [0.3, 0.4) is 0 Å². The number of hydrogen-bond donors (Lipinski definition) is 1. The van der Waals surface area contributed by atoms with Crippen LogP contribution in [-0.4, -0.2) is 10.1 Å². The summed E-state index contributed by atoms with van der Waals surface area (Å²) < 4.78 is 25.5. The summed E-state index contributed by atoms with van der Waals surface area (Å²) in [4.78, 5) is 3.71. The zero-order chi connectivity index (χ0) is 10.7. The molecule has 0 saturated carbocycles. The fourth-order valence-electron chi connectivity index (χ4n) is 1.09. The van der Waals surface area contributed by atoms with Gasteiger partial charge in [0.25, 0.3) is 6.43 Å². The molecule has 0 amide bonds. The van der Waals surface area contributed by atoms with E-state index in [1.54, 1.807) is 6.07 Å². The number of aromatic nitrogens is 1. The molecule has 6 heteroatoms. The first kappa shape index (κ1) is 12.3. The second-order valence-corrected chi connectivity index (χ2v) is 4.23. The number of hydrogen-bond acceptors (Lipinski definition) is 2. The standard InChI is InChI=1S/C8H7BrF2INO/c9-2-4-1-6(12)13-7(8(10)11)5(4)3-14/h1,8,14H,2-3H2. The van der Waals surface area contributed by atoms with Crippen LogP contribution in [0, 0.1) is 3.70 Å². The highest BCUT2D eigenvalue weighted by atomic mass is 127. The lowest BCUT2D eigenvalue weighted by Gasteiger charge is -2.10. The summed E-state index contributed by atoms with van der Waals surface area (Å²) in [6.07, 6.45) is -2.65. The van der Waals surface area contributed by atoms with Crippen LogP contribution in [-0.2, 0) is 11.9 Å². The van der Waals surface area contributed by atoms with Crippen molar-refractivity contribution >= 4 is 38.5 Å². The second-order valence-electron chi connectivity index (χ2n) is 2.56. The Labute approximate surface area is 102 Å². The lowest BCUT2D eigenvalue weighted by atomic mass is 10.1. The molecule has 1 rings (SSSR count). The van der Waals surface area contributed by atoms with Gasteiger partial charge < -0.3 is 5.11 Å². The fraction of sp³-hybridized carbons (Fsp3) is 0.375. The molecule has 0 bridgehead atoms. The Balaban J connectivity index is 3.31. The van der Waals surface area contributed by atoms with Crippen molar-refractivity contribution in [3.63, 3.8) is 0 Å². The minimum absolute atomic E-state index is 0.220. The van der Waals surface area contributed by atoms with E-state index in [0.29, 0.717) is 14.6 Å². The van der Waals surface area contributed by atoms with Gasteiger partial charge in [0.2, 0.25) is 0 Å². The van der Waals surface area contributed by atoms with Crippen molar-refractivity contribution < 1.29 is 13.9 Å². The molecule has 0 spiro atoms. The molecule has 0 unspecified atom stereocenters. The van der Waals surface area contributed by atoms with Gasteiger partial charge in [-0.3, -0.25) is 0 Å². The van der Waals surface area contributed by atoms with Crippen LogP contribution < -0.4 is 0 Å². The van der Waals surface area contributed by atoms with E-state index < -0.39 is 13.0 Å². The number of aliphatic hydroxyl groups excluding tert-OH is 1. The van der Waals surface area contributed by atoms with Gasteiger partial charge in [0.05, 0.1) is 6.61 Å². The summed E-state index contributed by atoms with van der Waals surface area (Å²) >= 11 is 5.05. The van der Waals surface area contributed by atoms with Crippen LogP contribution in [0.5, 0.6) is 0 Å². The van der Waals surface area contributed by atoms with E-state index in [9.17, 15) is 8.78 Å². The first-order valence-corrected chi connectivity index (χ1v) is 5.93. The molecule has 0 atom stereocenters. The molecule has 0 fully saturated rings. The van der Waals surface area contributed by atoms with Crippen LogP contribution in [0.15, 0.2) is 6.07 Å². The van der Waals surface area contributed by atoms with E-state index in [2.05, 4.69) is 20.9 Å². The number of aliphatic hydroxyl groups is 1. The molecule has 0 radical (unpaired) electrons. The van der Waals surface area contributed by atoms with E-state index in [0.717, 1.165) is 0 Å². The fourth-order valence-corrected chi connectivity index (χ4v) is 2.23. The predicted molar refractivity (Wildman–Crippen MR) is 60.5 cm³/mol. The number of rotatable bonds is 3. The van der Waals surface area contributed by atoms with E-state index in [-0.39, 0.29) is 11.3 Å². The third-order valence-electron chi connectivity index (χ3n) is 1.73. The molecule has 2 nitrogen and oxygen atoms in total. The Hall–Kier alpha value is 0.180. The summed E-state index contributed by atoms with van der Waals surface area (Å²) in [5.74, 6) is 0. The normalized spacial score (nSPS) is 11.0. The monoisotopic (exact) mass is 377 g/mol. The molecule has 1 heterocycles. The van der Waals surface area contributed by atoms with Crippen LogP contribution in [0.2, 0.25) is 0 Å². The maximum atomic E-state index is 12.5. The highest BCUT2D eigenvalue weighted by molar-refractivity contribution is 14.1. The van der Waals surface area contributed by atoms with Crippen molar-refractivity contribution in [3.05, 3.63) is 26.6 Å². The first-order valence-electron chi connectivity index (χ1n) is 3.73. The minimum Gasteiger partial charge on any atom is -0.392 e. The Morgan fingerprint density at radius 2 is 2.21 bits per heavy atom. The summed E-state index contributed by atoms with van der Waals surface area (Å²) in [7, 11) is 0. The summed E-state index contributed by atoms with van der Waals surface area (Å²) in [6, 6.07) is 1.67. The number of halogens is 4. The highest BCUT2D eigenvalue weighted by Crippen LogP contribution is 2.26. The molecule has 78 valence electrons. The SMILES string of the molecule is OCc1c(CBr)cc(I)nc1C(F)F. The summed E-state index contributed by atoms with van der Waals surface area (Å²) in [6.45, 7) is -0.412. The van der Waals surface area contributed by atoms with Crippen LogP contribution >= 0.6 is 38.5 Å². The zero-order valence-electron chi connectivity index (χ0n) is 6.98. The van der Waals surface area contributed by atoms with Crippen LogP contribution in [0.25, 0.3) is 0 Å². The Kier molecular flexibility index (Phi) is 4.65. The average molecular weight is 378 g/mol. The molecule has 0 saturated heterocycles. The molecule has 0 aliphatic rings. The molecule has 0 aliphatic heterocycles. The van der Waals surface area contributed by atoms with Gasteiger partial charge in [-0.15, -0.1) is 0 Å². The van der Waals surface area contributed by atoms with Gasteiger partial charge in [-0.25, -0.2) is 13.8 Å². The van der Waals surface area contributed by atoms with Gasteiger partial charge >= 0.3 is 0 Å². The molecule has 1 N–H and O–H groups in total. The maximum absolute atomic E-state index is 12.5. The summed E-state index contributed by atoms with van der Waals surface area (Å²) in [5.41, 5.74) is 0.549. The topological polar surface area (TPSA) is 33.1 Å². The van der Waals surface area contributed by atoms with E-state index in [1.807, 2.05) is 22.6 Å². The second kappa shape index (κ2) is 5.32. The average Bonchev–Trinajstić information content (AvgIpc) is 2.16. The van der Waals surface area contributed by atoms with Gasteiger partial charge in [-0.1, -0.05) is 15.9 Å². The Morgan fingerprint density at radius 1 is 1.57 bits per heavy atom. The lowest BCUT2D eigenvalue weighted by molar-refractivity contribution is 0.141. The van der Waals surface area contributed by atoms with Crippen molar-refractivity contribution in [3.8, 4) is 0 Å². The van der Waals surface area contributed by atoms with Crippen LogP contribution in [0.1, 0.15) is 23.2 Å². The number of alkyl halides is 3. The zero-order valence-corrected chi connectivity index (χ0v) is 10.7. The van der Waals surface area contributed by atoms with Crippen molar-refractivity contribution in [1.82, 2.24) is 4.98 Å². The molecule has 14 heavy (non-hydrogen) atoms. The lowest BCUT2D eigenvalue weighted by Crippen LogP contribution is -2.04. The van der Waals surface area contributed by atoms with Gasteiger partial charge in [0, 0.05) is 10.9 Å². The Bertz CT molecular complexity index is 335. The molecular formula is C8H7BrF2INO. The number of nitrogens with zero attached hydrogens (tertiary/aromatic N) is 1. The van der Waals surface area contributed by atoms with E-state index in [1.165, 1.54) is 0 Å². The Morgan fingerprint density at radius 3 is 2.64 bits per heavy atom. The molecule has 1 aromatic heterocycles. The minimum atomic E-state index is -2.65. The van der Waals surface area contributed by atoms with E-state index in [4.69, 9.17) is 5.11 Å². The highest BCUT2D eigenvalue weighted by Gasteiger charge is 2.18. The number of pyridine rings is 1. The van der Waals surface area contributed by atoms with Crippen molar-refractivity contribution in [2.75, 3.05) is 0 Å². The largest absolute Gasteiger partial charge is 0.392 e. The smallest absolute Gasteiger partial charge is 0.280 e. The van der Waals surface area contributed by atoms with Crippen molar-refractivity contribution in [2.45, 2.75) is 18.4 Å². The molecule has 1 aromatic rings. The third-order valence-corrected chi connectivity index (χ3v) is 2.88. The van der Waals surface area contributed by atoms with Crippen molar-refractivity contribution in [2.24, 2.45) is 0 Å². The van der Waals surface area contributed by atoms with Gasteiger partial charge in [-0.05, 0) is 34.2 Å². The summed E-state index contributed by atoms with van der Waals surface area (Å²) in [5, 5.41) is 9.41. The van der Waals surface area contributed by atoms with Gasteiger partial charge in [0.15, 0.2) is 0 Å². The molecule has 0 aromatic carbocycles. The van der Waals surface area contributed by atoms with E-state index >= 15 is 0 Å². The predicted octanol–water partition coefficient (Wildman–Crippen LogP) is 3.01. The first-order chi connectivity index (χ1) is 6.60. The molecule has 0 aliphatic carbocycles. The van der Waals surface area contributed by atoms with Crippen molar-refractivity contribution in [1.29, 1.82) is 0 Å². The quantitative estimate of drug-likeness (QED) is 0.499. The third kappa shape index (κ3) is 2.60. The van der Waals surface area contributed by atoms with Gasteiger partial charge in [-0.2, -0.15) is 0 Å². The van der Waals surface area contributed by atoms with Gasteiger partial charge in [0.1, 0.15) is 9.39 Å².